The Hall–Kier alpha value is -2.88. The fraction of sp³-hybridized carbons (Fsp3) is 0.273. The van der Waals surface area contributed by atoms with Gasteiger partial charge in [-0.05, 0) is 36.5 Å². The molecule has 1 aromatic heterocycles. The first-order valence-electron chi connectivity index (χ1n) is 9.00. The summed E-state index contributed by atoms with van der Waals surface area (Å²) in [6.07, 6.45) is 1.65. The van der Waals surface area contributed by atoms with Crippen molar-refractivity contribution in [2.45, 2.75) is 32.7 Å². The van der Waals surface area contributed by atoms with E-state index in [9.17, 15) is 4.79 Å². The van der Waals surface area contributed by atoms with Gasteiger partial charge in [-0.15, -0.1) is 0 Å². The third-order valence-corrected chi connectivity index (χ3v) is 5.04. The maximum Gasteiger partial charge on any atom is 0.292 e. The Bertz CT molecular complexity index is 930. The van der Waals surface area contributed by atoms with E-state index in [2.05, 4.69) is 41.4 Å². The van der Waals surface area contributed by atoms with E-state index in [-0.39, 0.29) is 11.9 Å². The second-order valence-corrected chi connectivity index (χ2v) is 6.80. The molecule has 4 rings (SSSR count). The topological polar surface area (TPSA) is 46.3 Å². The van der Waals surface area contributed by atoms with Gasteiger partial charge >= 0.3 is 0 Å². The minimum atomic E-state index is -0.0708. The number of hydrogen-bond acceptors (Lipinski definition) is 3. The van der Waals surface area contributed by atoms with Crippen LogP contribution in [0.5, 0.6) is 0 Å². The lowest BCUT2D eigenvalue weighted by atomic mass is 9.88. The highest BCUT2D eigenvalue weighted by Gasteiger charge is 2.33. The summed E-state index contributed by atoms with van der Waals surface area (Å²) in [5.74, 6) is 0.821. The van der Waals surface area contributed by atoms with Gasteiger partial charge in [-0.1, -0.05) is 54.6 Å². The van der Waals surface area contributed by atoms with E-state index < -0.39 is 0 Å². The lowest BCUT2D eigenvalue weighted by molar-refractivity contribution is 0.0624. The number of carbonyl (C=O) groups is 1. The highest BCUT2D eigenvalue weighted by molar-refractivity contribution is 5.93. The van der Waals surface area contributed by atoms with E-state index in [4.69, 9.17) is 4.42 Å². The van der Waals surface area contributed by atoms with Gasteiger partial charge < -0.3 is 9.32 Å². The summed E-state index contributed by atoms with van der Waals surface area (Å²) >= 11 is 0. The first kappa shape index (κ1) is 16.6. The summed E-state index contributed by atoms with van der Waals surface area (Å²) in [6.45, 7) is 4.29. The molecule has 0 radical (unpaired) electrons. The van der Waals surface area contributed by atoms with Gasteiger partial charge in [0.05, 0.1) is 11.7 Å². The average Bonchev–Trinajstić information content (AvgIpc) is 3.00. The Kier molecular flexibility index (Phi) is 4.33. The molecule has 0 N–H and O–H groups in total. The van der Waals surface area contributed by atoms with E-state index >= 15 is 0 Å². The van der Waals surface area contributed by atoms with Crippen LogP contribution >= 0.6 is 0 Å². The molecule has 0 saturated heterocycles. The Balaban J connectivity index is 1.73. The van der Waals surface area contributed by atoms with Gasteiger partial charge in [0.15, 0.2) is 5.89 Å². The molecule has 0 spiro atoms. The van der Waals surface area contributed by atoms with Crippen molar-refractivity contribution in [3.8, 4) is 0 Å². The Labute approximate surface area is 153 Å². The van der Waals surface area contributed by atoms with E-state index in [1.54, 1.807) is 6.92 Å². The zero-order valence-corrected chi connectivity index (χ0v) is 15.1. The van der Waals surface area contributed by atoms with Crippen LogP contribution in [0.15, 0.2) is 59.0 Å². The van der Waals surface area contributed by atoms with Gasteiger partial charge in [-0.25, -0.2) is 4.98 Å². The highest BCUT2D eigenvalue weighted by Crippen LogP contribution is 2.34. The molecule has 2 heterocycles. The Morgan fingerprint density at radius 2 is 1.85 bits per heavy atom. The van der Waals surface area contributed by atoms with Crippen LogP contribution in [-0.2, 0) is 12.8 Å². The standard InChI is InChI=1S/C22H22N2O2/c1-15-21(26-16(2)23-15)22(25)24-13-12-18-10-6-7-11-19(18)20(24)14-17-8-4-3-5-9-17/h3-11,20H,12-14H2,1-2H3/t20-/m1/s1. The predicted octanol–water partition coefficient (Wildman–Crippen LogP) is 4.27. The number of benzene rings is 2. The smallest absolute Gasteiger partial charge is 0.292 e. The van der Waals surface area contributed by atoms with Crippen molar-refractivity contribution in [1.82, 2.24) is 9.88 Å². The van der Waals surface area contributed by atoms with Gasteiger partial charge in [0.1, 0.15) is 0 Å². The van der Waals surface area contributed by atoms with Crippen molar-refractivity contribution >= 4 is 5.91 Å². The van der Waals surface area contributed by atoms with Crippen LogP contribution in [0.2, 0.25) is 0 Å². The third-order valence-electron chi connectivity index (χ3n) is 5.04. The fourth-order valence-corrected chi connectivity index (χ4v) is 3.81. The molecule has 2 aromatic carbocycles. The molecule has 4 nitrogen and oxygen atoms in total. The number of nitrogens with zero attached hydrogens (tertiary/aromatic N) is 2. The monoisotopic (exact) mass is 346 g/mol. The van der Waals surface area contributed by atoms with Crippen LogP contribution in [0.3, 0.4) is 0 Å². The number of fused-ring (bicyclic) bond motifs is 1. The molecule has 1 aliphatic heterocycles. The summed E-state index contributed by atoms with van der Waals surface area (Å²) in [5, 5.41) is 0. The van der Waals surface area contributed by atoms with Crippen LogP contribution in [0.4, 0.5) is 0 Å². The van der Waals surface area contributed by atoms with Crippen LogP contribution in [0, 0.1) is 13.8 Å². The largest absolute Gasteiger partial charge is 0.436 e. The molecule has 26 heavy (non-hydrogen) atoms. The van der Waals surface area contributed by atoms with Gasteiger partial charge in [0, 0.05) is 13.5 Å². The summed E-state index contributed by atoms with van der Waals surface area (Å²) < 4.78 is 5.61. The summed E-state index contributed by atoms with van der Waals surface area (Å²) in [5.41, 5.74) is 4.43. The van der Waals surface area contributed by atoms with Crippen LogP contribution in [0.1, 0.15) is 44.9 Å². The molecule has 0 saturated carbocycles. The molecule has 1 aliphatic rings. The molecule has 1 amide bonds. The normalized spacial score (nSPS) is 16.4. The molecule has 0 bridgehead atoms. The number of hydrogen-bond donors (Lipinski definition) is 0. The second kappa shape index (κ2) is 6.79. The predicted molar refractivity (Wildman–Crippen MR) is 100 cm³/mol. The van der Waals surface area contributed by atoms with Crippen molar-refractivity contribution < 1.29 is 9.21 Å². The first-order valence-corrected chi connectivity index (χ1v) is 9.00. The van der Waals surface area contributed by atoms with Crippen LogP contribution in [-0.4, -0.2) is 22.3 Å². The summed E-state index contributed by atoms with van der Waals surface area (Å²) in [4.78, 5) is 19.4. The fourth-order valence-electron chi connectivity index (χ4n) is 3.81. The van der Waals surface area contributed by atoms with Crippen LogP contribution < -0.4 is 0 Å². The quantitative estimate of drug-likeness (QED) is 0.711. The molecule has 4 heteroatoms. The minimum Gasteiger partial charge on any atom is -0.436 e. The lowest BCUT2D eigenvalue weighted by Gasteiger charge is -2.37. The van der Waals surface area contributed by atoms with E-state index in [0.29, 0.717) is 23.9 Å². The SMILES string of the molecule is Cc1nc(C)c(C(=O)N2CCc3ccccc3[C@H]2Cc2ccccc2)o1. The summed E-state index contributed by atoms with van der Waals surface area (Å²) in [7, 11) is 0. The van der Waals surface area contributed by atoms with Gasteiger partial charge in [0.25, 0.3) is 5.91 Å². The molecular weight excluding hydrogens is 324 g/mol. The van der Waals surface area contributed by atoms with Crippen molar-refractivity contribution in [2.75, 3.05) is 6.54 Å². The number of aromatic nitrogens is 1. The highest BCUT2D eigenvalue weighted by atomic mass is 16.4. The maximum atomic E-state index is 13.2. The summed E-state index contributed by atoms with van der Waals surface area (Å²) in [6, 6.07) is 18.8. The minimum absolute atomic E-state index is 0.000318. The van der Waals surface area contributed by atoms with Gasteiger partial charge in [0.2, 0.25) is 5.76 Å². The van der Waals surface area contributed by atoms with Crippen molar-refractivity contribution in [3.05, 3.63) is 88.6 Å². The van der Waals surface area contributed by atoms with Crippen molar-refractivity contribution in [1.29, 1.82) is 0 Å². The molecule has 132 valence electrons. The maximum absolute atomic E-state index is 13.2. The van der Waals surface area contributed by atoms with Crippen molar-refractivity contribution in [2.24, 2.45) is 0 Å². The zero-order valence-electron chi connectivity index (χ0n) is 15.1. The van der Waals surface area contributed by atoms with E-state index in [1.165, 1.54) is 16.7 Å². The number of oxazole rings is 1. The first-order chi connectivity index (χ1) is 12.6. The van der Waals surface area contributed by atoms with Crippen molar-refractivity contribution in [3.63, 3.8) is 0 Å². The molecule has 3 aromatic rings. The number of carbonyl (C=O) groups excluding carboxylic acids is 1. The second-order valence-electron chi connectivity index (χ2n) is 6.80. The van der Waals surface area contributed by atoms with Gasteiger partial charge in [-0.3, -0.25) is 4.79 Å². The molecule has 0 unspecified atom stereocenters. The van der Waals surface area contributed by atoms with Crippen LogP contribution in [0.25, 0.3) is 0 Å². The molecular formula is C22H22N2O2. The van der Waals surface area contributed by atoms with E-state index in [1.807, 2.05) is 30.0 Å². The van der Waals surface area contributed by atoms with Gasteiger partial charge in [-0.2, -0.15) is 0 Å². The Morgan fingerprint density at radius 1 is 1.12 bits per heavy atom. The lowest BCUT2D eigenvalue weighted by Crippen LogP contribution is -2.41. The molecule has 0 fully saturated rings. The third kappa shape index (κ3) is 3.03. The number of amides is 1. The van der Waals surface area contributed by atoms with E-state index in [0.717, 1.165) is 12.8 Å². The molecule has 1 atom stereocenters. The average molecular weight is 346 g/mol. The molecule has 0 aliphatic carbocycles. The Morgan fingerprint density at radius 3 is 2.58 bits per heavy atom. The number of rotatable bonds is 3. The zero-order chi connectivity index (χ0) is 18.1. The number of aryl methyl sites for hydroxylation is 2.